The second kappa shape index (κ2) is 8.32. The average Bonchev–Trinajstić information content (AvgIpc) is 3.04. The first-order chi connectivity index (χ1) is 13.3. The lowest BCUT2D eigenvalue weighted by Crippen LogP contribution is -2.50. The Hall–Kier alpha value is -2.39. The molecule has 2 aromatic rings. The largest absolute Gasteiger partial charge is 0.489 e. The minimum Gasteiger partial charge on any atom is -0.489 e. The molecule has 2 heterocycles. The van der Waals surface area contributed by atoms with Crippen LogP contribution in [0.25, 0.3) is 0 Å². The van der Waals surface area contributed by atoms with E-state index in [1.165, 1.54) is 4.31 Å². The number of benzene rings is 1. The van der Waals surface area contributed by atoms with Gasteiger partial charge in [-0.3, -0.25) is 4.79 Å². The zero-order valence-electron chi connectivity index (χ0n) is 16.3. The van der Waals surface area contributed by atoms with E-state index in [1.807, 2.05) is 13.8 Å². The van der Waals surface area contributed by atoms with Crippen molar-refractivity contribution in [2.75, 3.05) is 31.9 Å². The highest BCUT2D eigenvalue weighted by Gasteiger charge is 2.28. The van der Waals surface area contributed by atoms with Gasteiger partial charge in [0.05, 0.1) is 17.0 Å². The van der Waals surface area contributed by atoms with Gasteiger partial charge in [0.1, 0.15) is 18.1 Å². The minimum absolute atomic E-state index is 0.0797. The molecule has 28 heavy (non-hydrogen) atoms. The first-order valence-corrected chi connectivity index (χ1v) is 10.8. The molecule has 0 bridgehead atoms. The van der Waals surface area contributed by atoms with Crippen molar-refractivity contribution >= 4 is 15.9 Å². The topological polar surface area (TPSA) is 93.0 Å². The van der Waals surface area contributed by atoms with Gasteiger partial charge in [0, 0.05) is 31.7 Å². The molecule has 0 aliphatic carbocycles. The van der Waals surface area contributed by atoms with E-state index in [1.54, 1.807) is 36.1 Å². The zero-order chi connectivity index (χ0) is 20.3. The van der Waals surface area contributed by atoms with E-state index in [-0.39, 0.29) is 11.7 Å². The van der Waals surface area contributed by atoms with Crippen LogP contribution in [0.5, 0.6) is 5.75 Å². The van der Waals surface area contributed by atoms with Crippen molar-refractivity contribution in [2.45, 2.75) is 27.4 Å². The van der Waals surface area contributed by atoms with Gasteiger partial charge in [0.2, 0.25) is 10.0 Å². The van der Waals surface area contributed by atoms with E-state index in [0.717, 1.165) is 17.0 Å². The van der Waals surface area contributed by atoms with Crippen LogP contribution < -0.4 is 4.74 Å². The third-order valence-electron chi connectivity index (χ3n) is 4.95. The molecule has 1 aliphatic heterocycles. The van der Waals surface area contributed by atoms with Crippen LogP contribution in [-0.2, 0) is 16.6 Å². The van der Waals surface area contributed by atoms with Gasteiger partial charge in [0.15, 0.2) is 0 Å². The number of hydrogen-bond donors (Lipinski definition) is 0. The van der Waals surface area contributed by atoms with E-state index in [0.29, 0.717) is 44.1 Å². The maximum Gasteiger partial charge on any atom is 0.253 e. The van der Waals surface area contributed by atoms with E-state index in [4.69, 9.17) is 9.26 Å². The normalized spacial score (nSPS) is 15.6. The van der Waals surface area contributed by atoms with Crippen LogP contribution in [0.1, 0.15) is 34.3 Å². The summed E-state index contributed by atoms with van der Waals surface area (Å²) in [5.41, 5.74) is 2.27. The molecule has 0 unspecified atom stereocenters. The Balaban J connectivity index is 1.57. The number of ether oxygens (including phenoxy) is 1. The lowest BCUT2D eigenvalue weighted by molar-refractivity contribution is 0.0698. The number of carbonyl (C=O) groups excluding carboxylic acids is 1. The maximum absolute atomic E-state index is 12.7. The second-order valence-corrected chi connectivity index (χ2v) is 8.97. The number of amides is 1. The molecule has 0 radical (unpaired) electrons. The molecule has 152 valence electrons. The lowest BCUT2D eigenvalue weighted by Gasteiger charge is -2.33. The molecule has 1 fully saturated rings. The van der Waals surface area contributed by atoms with Crippen molar-refractivity contribution in [3.8, 4) is 5.75 Å². The number of aromatic nitrogens is 1. The molecule has 1 aromatic carbocycles. The highest BCUT2D eigenvalue weighted by molar-refractivity contribution is 7.89. The molecule has 1 amide bonds. The standard InChI is InChI=1S/C19H25N3O5S/c1-4-28(24,25)22-11-9-21(10-12-22)19(23)16-5-7-17(8-6-16)26-13-18-14(2)20-27-15(18)3/h5-8H,4,9-13H2,1-3H3. The van der Waals surface area contributed by atoms with Crippen molar-refractivity contribution in [3.63, 3.8) is 0 Å². The molecule has 1 saturated heterocycles. The summed E-state index contributed by atoms with van der Waals surface area (Å²) < 4.78 is 36.2. The number of nitrogens with zero attached hydrogens (tertiary/aromatic N) is 3. The Morgan fingerprint density at radius 1 is 1.14 bits per heavy atom. The number of hydrogen-bond acceptors (Lipinski definition) is 6. The van der Waals surface area contributed by atoms with Crippen LogP contribution in [0.15, 0.2) is 28.8 Å². The fourth-order valence-electron chi connectivity index (χ4n) is 3.09. The third-order valence-corrected chi connectivity index (χ3v) is 6.83. The van der Waals surface area contributed by atoms with Crippen LogP contribution in [0.3, 0.4) is 0 Å². The molecule has 3 rings (SSSR count). The van der Waals surface area contributed by atoms with Crippen molar-refractivity contribution in [3.05, 3.63) is 46.8 Å². The summed E-state index contributed by atoms with van der Waals surface area (Å²) in [6.07, 6.45) is 0. The van der Waals surface area contributed by atoms with Gasteiger partial charge in [-0.25, -0.2) is 8.42 Å². The fourth-order valence-corrected chi connectivity index (χ4v) is 4.18. The smallest absolute Gasteiger partial charge is 0.253 e. The number of sulfonamides is 1. The van der Waals surface area contributed by atoms with Crippen LogP contribution >= 0.6 is 0 Å². The maximum atomic E-state index is 12.7. The predicted molar refractivity (Wildman–Crippen MR) is 104 cm³/mol. The Morgan fingerprint density at radius 2 is 1.79 bits per heavy atom. The molecule has 9 heteroatoms. The average molecular weight is 407 g/mol. The van der Waals surface area contributed by atoms with E-state index in [2.05, 4.69) is 5.16 Å². The Labute approximate surface area is 165 Å². The summed E-state index contributed by atoms with van der Waals surface area (Å²) in [4.78, 5) is 14.3. The van der Waals surface area contributed by atoms with Gasteiger partial charge in [-0.1, -0.05) is 5.16 Å². The molecule has 8 nitrogen and oxygen atoms in total. The van der Waals surface area contributed by atoms with Crippen LogP contribution in [-0.4, -0.2) is 60.6 Å². The predicted octanol–water partition coefficient (Wildman–Crippen LogP) is 1.98. The van der Waals surface area contributed by atoms with Crippen molar-refractivity contribution < 1.29 is 22.5 Å². The highest BCUT2D eigenvalue weighted by Crippen LogP contribution is 2.19. The van der Waals surface area contributed by atoms with Crippen molar-refractivity contribution in [1.82, 2.24) is 14.4 Å². The summed E-state index contributed by atoms with van der Waals surface area (Å²) in [6.45, 7) is 7.13. The summed E-state index contributed by atoms with van der Waals surface area (Å²) in [7, 11) is -3.20. The molecule has 0 spiro atoms. The lowest BCUT2D eigenvalue weighted by atomic mass is 10.1. The first-order valence-electron chi connectivity index (χ1n) is 9.23. The van der Waals surface area contributed by atoms with E-state index >= 15 is 0 Å². The second-order valence-electron chi connectivity index (χ2n) is 6.71. The van der Waals surface area contributed by atoms with Gasteiger partial charge in [0.25, 0.3) is 5.91 Å². The Kier molecular flexibility index (Phi) is 6.04. The van der Waals surface area contributed by atoms with Gasteiger partial charge < -0.3 is 14.2 Å². The van der Waals surface area contributed by atoms with Gasteiger partial charge in [-0.2, -0.15) is 4.31 Å². The molecule has 0 atom stereocenters. The van der Waals surface area contributed by atoms with E-state index < -0.39 is 10.0 Å². The summed E-state index contributed by atoms with van der Waals surface area (Å²) >= 11 is 0. The van der Waals surface area contributed by atoms with Crippen LogP contribution in [0.4, 0.5) is 0 Å². The monoisotopic (exact) mass is 407 g/mol. The minimum atomic E-state index is -3.20. The molecular weight excluding hydrogens is 382 g/mol. The molecule has 1 aromatic heterocycles. The van der Waals surface area contributed by atoms with Crippen LogP contribution in [0, 0.1) is 13.8 Å². The quantitative estimate of drug-likeness (QED) is 0.727. The van der Waals surface area contributed by atoms with Gasteiger partial charge in [-0.15, -0.1) is 0 Å². The van der Waals surface area contributed by atoms with E-state index in [9.17, 15) is 13.2 Å². The number of rotatable bonds is 6. The molecule has 0 saturated carbocycles. The number of aryl methyl sites for hydroxylation is 2. The third kappa shape index (κ3) is 4.36. The number of carbonyl (C=O) groups is 1. The molecular formula is C19H25N3O5S. The van der Waals surface area contributed by atoms with Crippen molar-refractivity contribution in [1.29, 1.82) is 0 Å². The Morgan fingerprint density at radius 3 is 2.32 bits per heavy atom. The van der Waals surface area contributed by atoms with Gasteiger partial charge >= 0.3 is 0 Å². The SMILES string of the molecule is CCS(=O)(=O)N1CCN(C(=O)c2ccc(OCc3c(C)noc3C)cc2)CC1. The molecule has 0 N–H and O–H groups in total. The fraction of sp³-hybridized carbons (Fsp3) is 0.474. The highest BCUT2D eigenvalue weighted by atomic mass is 32.2. The summed E-state index contributed by atoms with van der Waals surface area (Å²) in [5, 5.41) is 3.90. The first kappa shape index (κ1) is 20.3. The van der Waals surface area contributed by atoms with Crippen LogP contribution in [0.2, 0.25) is 0 Å². The molecule has 1 aliphatic rings. The zero-order valence-corrected chi connectivity index (χ0v) is 17.2. The summed E-state index contributed by atoms with van der Waals surface area (Å²) in [5.74, 6) is 1.35. The van der Waals surface area contributed by atoms with Gasteiger partial charge in [-0.05, 0) is 45.0 Å². The Bertz CT molecular complexity index is 909. The number of piperazine rings is 1. The van der Waals surface area contributed by atoms with Crippen molar-refractivity contribution in [2.24, 2.45) is 0 Å². The summed E-state index contributed by atoms with van der Waals surface area (Å²) in [6, 6.07) is 6.95.